The van der Waals surface area contributed by atoms with Crippen molar-refractivity contribution in [3.05, 3.63) is 38.4 Å². The molecule has 6 nitrogen and oxygen atoms in total. The third-order valence-electron chi connectivity index (χ3n) is 6.46. The van der Waals surface area contributed by atoms with Gasteiger partial charge in [0.15, 0.2) is 5.82 Å². The standard InChI is InChI=1S/C20H25Cl3N4O2/c1-11-17(24)20(10-29-11)6-8-26(9-7-20)18-16(23)19(28)27(12(2)25-18)14-5-3-4-13(21)15(14)22/h3,5,11,13,17H,4,6-10,24H2,1-2H3/t11-,13+,17+/m0/s1. The molecule has 1 spiro atoms. The number of alkyl halides is 1. The van der Waals surface area contributed by atoms with Crippen LogP contribution in [-0.4, -0.2) is 46.8 Å². The number of ether oxygens (including phenoxy) is 1. The van der Waals surface area contributed by atoms with Gasteiger partial charge in [-0.2, -0.15) is 0 Å². The number of hydrogen-bond acceptors (Lipinski definition) is 5. The lowest BCUT2D eigenvalue weighted by Crippen LogP contribution is -2.51. The van der Waals surface area contributed by atoms with Gasteiger partial charge in [-0.3, -0.25) is 9.36 Å². The minimum absolute atomic E-state index is 0.00693. The maximum Gasteiger partial charge on any atom is 0.279 e. The molecule has 3 atom stereocenters. The van der Waals surface area contributed by atoms with Gasteiger partial charge in [-0.05, 0) is 39.2 Å². The monoisotopic (exact) mass is 458 g/mol. The molecular weight excluding hydrogens is 435 g/mol. The summed E-state index contributed by atoms with van der Waals surface area (Å²) in [5.41, 5.74) is 6.59. The van der Waals surface area contributed by atoms with Gasteiger partial charge in [-0.25, -0.2) is 4.98 Å². The predicted octanol–water partition coefficient (Wildman–Crippen LogP) is 3.51. The fourth-order valence-electron chi connectivity index (χ4n) is 4.55. The highest BCUT2D eigenvalue weighted by atomic mass is 35.5. The summed E-state index contributed by atoms with van der Waals surface area (Å²) in [4.78, 5) is 19.8. The number of allylic oxidation sites excluding steroid dienone is 4. The number of piperidine rings is 1. The number of aryl methyl sites for hydroxylation is 1. The molecule has 158 valence electrons. The van der Waals surface area contributed by atoms with Crippen molar-refractivity contribution in [2.24, 2.45) is 11.1 Å². The molecule has 0 saturated carbocycles. The lowest BCUT2D eigenvalue weighted by atomic mass is 9.73. The lowest BCUT2D eigenvalue weighted by molar-refractivity contribution is 0.0974. The molecule has 1 aromatic heterocycles. The van der Waals surface area contributed by atoms with E-state index in [1.165, 1.54) is 4.57 Å². The molecule has 3 aliphatic rings. The molecule has 0 aromatic carbocycles. The Labute approximate surface area is 185 Å². The highest BCUT2D eigenvalue weighted by Gasteiger charge is 2.47. The second-order valence-corrected chi connectivity index (χ2v) is 9.48. The maximum atomic E-state index is 13.1. The van der Waals surface area contributed by atoms with Gasteiger partial charge in [0.1, 0.15) is 10.8 Å². The molecule has 4 rings (SSSR count). The molecule has 1 aliphatic carbocycles. The zero-order valence-electron chi connectivity index (χ0n) is 16.5. The fraction of sp³-hybridized carbons (Fsp3) is 0.600. The smallest absolute Gasteiger partial charge is 0.279 e. The van der Waals surface area contributed by atoms with Crippen LogP contribution in [0.25, 0.3) is 5.70 Å². The average Bonchev–Trinajstić information content (AvgIpc) is 2.97. The molecule has 3 heterocycles. The van der Waals surface area contributed by atoms with Crippen LogP contribution in [0, 0.1) is 12.3 Å². The van der Waals surface area contributed by atoms with E-state index in [9.17, 15) is 4.79 Å². The van der Waals surface area contributed by atoms with E-state index in [4.69, 9.17) is 45.3 Å². The molecule has 2 aliphatic heterocycles. The Morgan fingerprint density at radius 3 is 2.62 bits per heavy atom. The van der Waals surface area contributed by atoms with Crippen molar-refractivity contribution in [2.75, 3.05) is 24.6 Å². The summed E-state index contributed by atoms with van der Waals surface area (Å²) in [7, 11) is 0. The molecule has 0 radical (unpaired) electrons. The van der Waals surface area contributed by atoms with Gasteiger partial charge in [0, 0.05) is 24.5 Å². The van der Waals surface area contributed by atoms with E-state index < -0.39 is 0 Å². The number of nitrogens with two attached hydrogens (primary N) is 1. The average molecular weight is 460 g/mol. The molecule has 2 saturated heterocycles. The van der Waals surface area contributed by atoms with E-state index in [1.807, 2.05) is 13.0 Å². The molecule has 2 N–H and O–H groups in total. The van der Waals surface area contributed by atoms with Crippen LogP contribution in [0.2, 0.25) is 5.02 Å². The molecule has 0 unspecified atom stereocenters. The summed E-state index contributed by atoms with van der Waals surface area (Å²) in [6.07, 6.45) is 6.14. The highest BCUT2D eigenvalue weighted by molar-refractivity contribution is 6.40. The Bertz CT molecular complexity index is 934. The van der Waals surface area contributed by atoms with Crippen molar-refractivity contribution >= 4 is 46.3 Å². The largest absolute Gasteiger partial charge is 0.376 e. The quantitative estimate of drug-likeness (QED) is 0.685. The first-order valence-corrected chi connectivity index (χ1v) is 11.1. The molecule has 1 aromatic rings. The van der Waals surface area contributed by atoms with Gasteiger partial charge < -0.3 is 15.4 Å². The second-order valence-electron chi connectivity index (χ2n) is 8.17. The summed E-state index contributed by atoms with van der Waals surface area (Å²) in [5, 5.41) is 0.156. The third kappa shape index (κ3) is 3.53. The fourth-order valence-corrected chi connectivity index (χ4v) is 5.24. The van der Waals surface area contributed by atoms with Crippen LogP contribution in [0.3, 0.4) is 0 Å². The summed E-state index contributed by atoms with van der Waals surface area (Å²) in [6, 6.07) is 0.0264. The van der Waals surface area contributed by atoms with Gasteiger partial charge >= 0.3 is 0 Å². The van der Waals surface area contributed by atoms with Crippen LogP contribution >= 0.6 is 34.8 Å². The lowest BCUT2D eigenvalue weighted by Gasteiger charge is -2.41. The molecule has 0 amide bonds. The molecule has 9 heteroatoms. The van der Waals surface area contributed by atoms with E-state index in [1.54, 1.807) is 13.0 Å². The van der Waals surface area contributed by atoms with E-state index in [0.29, 0.717) is 35.4 Å². The summed E-state index contributed by atoms with van der Waals surface area (Å²) < 4.78 is 7.23. The number of aromatic nitrogens is 2. The van der Waals surface area contributed by atoms with Crippen LogP contribution in [-0.2, 0) is 4.74 Å². The van der Waals surface area contributed by atoms with E-state index in [0.717, 1.165) is 25.9 Å². The van der Waals surface area contributed by atoms with Crippen molar-refractivity contribution in [1.82, 2.24) is 9.55 Å². The maximum absolute atomic E-state index is 13.1. The molecular formula is C20H25Cl3N4O2. The van der Waals surface area contributed by atoms with Crippen LogP contribution in [0.15, 0.2) is 22.0 Å². The summed E-state index contributed by atoms with van der Waals surface area (Å²) in [6.45, 7) is 5.94. The Hall–Kier alpha value is -1.05. The van der Waals surface area contributed by atoms with Gasteiger partial charge in [-0.1, -0.05) is 29.3 Å². The number of halogens is 3. The molecule has 0 bridgehead atoms. The first-order chi connectivity index (χ1) is 13.7. The third-order valence-corrected chi connectivity index (χ3v) is 7.76. The minimum Gasteiger partial charge on any atom is -0.376 e. The van der Waals surface area contributed by atoms with E-state index in [2.05, 4.69) is 9.88 Å². The van der Waals surface area contributed by atoms with Gasteiger partial charge in [0.05, 0.1) is 28.8 Å². The van der Waals surface area contributed by atoms with Crippen molar-refractivity contribution in [3.63, 3.8) is 0 Å². The number of nitrogens with zero attached hydrogens (tertiary/aromatic N) is 3. The van der Waals surface area contributed by atoms with Gasteiger partial charge in [-0.15, -0.1) is 11.6 Å². The van der Waals surface area contributed by atoms with E-state index in [-0.39, 0.29) is 33.5 Å². The molecule has 29 heavy (non-hydrogen) atoms. The summed E-state index contributed by atoms with van der Waals surface area (Å²) in [5.74, 6) is 1.03. The first kappa shape index (κ1) is 21.2. The topological polar surface area (TPSA) is 73.4 Å². The van der Waals surface area contributed by atoms with Crippen LogP contribution < -0.4 is 16.2 Å². The van der Waals surface area contributed by atoms with Crippen LogP contribution in [0.5, 0.6) is 0 Å². The van der Waals surface area contributed by atoms with Crippen LogP contribution in [0.1, 0.15) is 32.0 Å². The summed E-state index contributed by atoms with van der Waals surface area (Å²) >= 11 is 19.1. The number of anilines is 1. The Balaban J connectivity index is 1.64. The van der Waals surface area contributed by atoms with E-state index >= 15 is 0 Å². The second kappa shape index (κ2) is 7.89. The zero-order valence-corrected chi connectivity index (χ0v) is 18.8. The Kier molecular flexibility index (Phi) is 5.77. The Morgan fingerprint density at radius 1 is 1.31 bits per heavy atom. The van der Waals surface area contributed by atoms with Crippen molar-refractivity contribution in [3.8, 4) is 0 Å². The zero-order chi connectivity index (χ0) is 20.9. The Morgan fingerprint density at radius 2 is 2.00 bits per heavy atom. The highest BCUT2D eigenvalue weighted by Crippen LogP contribution is 2.42. The predicted molar refractivity (Wildman–Crippen MR) is 118 cm³/mol. The number of rotatable bonds is 2. The normalized spacial score (nSPS) is 29.2. The van der Waals surface area contributed by atoms with Crippen molar-refractivity contribution in [2.45, 2.75) is 50.6 Å². The first-order valence-electron chi connectivity index (χ1n) is 9.87. The molecule has 2 fully saturated rings. The van der Waals surface area contributed by atoms with Crippen molar-refractivity contribution in [1.29, 1.82) is 0 Å². The minimum atomic E-state index is -0.361. The van der Waals surface area contributed by atoms with Crippen molar-refractivity contribution < 1.29 is 4.74 Å². The number of hydrogen-bond donors (Lipinski definition) is 1. The van der Waals surface area contributed by atoms with Gasteiger partial charge in [0.25, 0.3) is 5.56 Å². The SMILES string of the molecule is Cc1nc(N2CCC3(CC2)CO[C@@H](C)[C@H]3N)c(Cl)c(=O)n1C1=C(Cl)[C@H](Cl)CC=C1. The van der Waals surface area contributed by atoms with Crippen LogP contribution in [0.4, 0.5) is 5.82 Å². The van der Waals surface area contributed by atoms with Gasteiger partial charge in [0.2, 0.25) is 0 Å².